The van der Waals surface area contributed by atoms with Crippen molar-refractivity contribution in [3.05, 3.63) is 11.6 Å². The van der Waals surface area contributed by atoms with Crippen molar-refractivity contribution in [3.63, 3.8) is 0 Å². The van der Waals surface area contributed by atoms with Crippen molar-refractivity contribution in [2.75, 3.05) is 19.6 Å². The standard InChI is InChI=1S/C16H30N2O/c1-13(7-10-17)5-6-15(19)18-11-8-14(9-12-18)16(2,3)4/h8,13H,5-7,9-12,17H2,1-4H3. The Labute approximate surface area is 118 Å². The molecule has 0 aliphatic carbocycles. The van der Waals surface area contributed by atoms with Gasteiger partial charge in [0.15, 0.2) is 0 Å². The zero-order chi connectivity index (χ0) is 14.5. The van der Waals surface area contributed by atoms with E-state index in [1.54, 1.807) is 0 Å². The van der Waals surface area contributed by atoms with E-state index in [2.05, 4.69) is 33.8 Å². The Morgan fingerprint density at radius 3 is 2.58 bits per heavy atom. The van der Waals surface area contributed by atoms with Crippen molar-refractivity contribution in [2.24, 2.45) is 17.1 Å². The molecule has 0 aromatic carbocycles. The molecule has 3 nitrogen and oxygen atoms in total. The van der Waals surface area contributed by atoms with Crippen molar-refractivity contribution in [3.8, 4) is 0 Å². The molecule has 0 aromatic heterocycles. The minimum atomic E-state index is 0.241. The average molecular weight is 266 g/mol. The first kappa shape index (κ1) is 16.2. The molecule has 19 heavy (non-hydrogen) atoms. The van der Waals surface area contributed by atoms with Crippen LogP contribution in [0.25, 0.3) is 0 Å². The van der Waals surface area contributed by atoms with Crippen LogP contribution in [0.1, 0.15) is 53.4 Å². The highest BCUT2D eigenvalue weighted by Gasteiger charge is 2.23. The fourth-order valence-electron chi connectivity index (χ4n) is 2.53. The van der Waals surface area contributed by atoms with Crippen LogP contribution in [-0.4, -0.2) is 30.4 Å². The summed E-state index contributed by atoms with van der Waals surface area (Å²) in [7, 11) is 0. The van der Waals surface area contributed by atoms with Crippen LogP contribution in [0.5, 0.6) is 0 Å². The first-order valence-corrected chi connectivity index (χ1v) is 7.52. The van der Waals surface area contributed by atoms with Gasteiger partial charge in [0.2, 0.25) is 5.91 Å². The third-order valence-corrected chi connectivity index (χ3v) is 4.04. The number of amides is 1. The Morgan fingerprint density at radius 1 is 1.42 bits per heavy atom. The first-order chi connectivity index (χ1) is 8.84. The summed E-state index contributed by atoms with van der Waals surface area (Å²) in [5, 5.41) is 0. The van der Waals surface area contributed by atoms with Gasteiger partial charge in [-0.2, -0.15) is 0 Å². The Kier molecular flexibility index (Phi) is 6.05. The van der Waals surface area contributed by atoms with Gasteiger partial charge in [0.1, 0.15) is 0 Å². The van der Waals surface area contributed by atoms with Crippen molar-refractivity contribution in [1.29, 1.82) is 0 Å². The van der Waals surface area contributed by atoms with Crippen LogP contribution in [0.3, 0.4) is 0 Å². The zero-order valence-electron chi connectivity index (χ0n) is 13.0. The lowest BCUT2D eigenvalue weighted by Gasteiger charge is -2.32. The molecule has 1 aliphatic rings. The SMILES string of the molecule is CC(CCN)CCC(=O)N1CC=C(C(C)(C)C)CC1. The monoisotopic (exact) mass is 266 g/mol. The highest BCUT2D eigenvalue weighted by molar-refractivity contribution is 5.76. The van der Waals surface area contributed by atoms with Crippen LogP contribution in [0.2, 0.25) is 0 Å². The van der Waals surface area contributed by atoms with E-state index in [0.29, 0.717) is 18.2 Å². The average Bonchev–Trinajstić information content (AvgIpc) is 2.35. The van der Waals surface area contributed by atoms with Gasteiger partial charge in [0, 0.05) is 19.5 Å². The number of hydrogen-bond acceptors (Lipinski definition) is 2. The molecule has 0 fully saturated rings. The predicted octanol–water partition coefficient (Wildman–Crippen LogP) is 2.96. The van der Waals surface area contributed by atoms with Crippen LogP contribution in [0.4, 0.5) is 0 Å². The van der Waals surface area contributed by atoms with E-state index in [4.69, 9.17) is 5.73 Å². The van der Waals surface area contributed by atoms with E-state index in [1.807, 2.05) is 4.90 Å². The minimum absolute atomic E-state index is 0.241. The summed E-state index contributed by atoms with van der Waals surface area (Å²) in [5.41, 5.74) is 7.25. The zero-order valence-corrected chi connectivity index (χ0v) is 13.0. The molecule has 0 saturated heterocycles. The Bertz CT molecular complexity index is 328. The molecule has 0 radical (unpaired) electrons. The van der Waals surface area contributed by atoms with Gasteiger partial charge in [0.25, 0.3) is 0 Å². The van der Waals surface area contributed by atoms with E-state index < -0.39 is 0 Å². The van der Waals surface area contributed by atoms with E-state index in [-0.39, 0.29) is 5.41 Å². The van der Waals surface area contributed by atoms with Gasteiger partial charge in [-0.25, -0.2) is 0 Å². The molecule has 0 bridgehead atoms. The third kappa shape index (κ3) is 5.35. The van der Waals surface area contributed by atoms with Crippen LogP contribution >= 0.6 is 0 Å². The molecule has 3 heteroatoms. The summed E-state index contributed by atoms with van der Waals surface area (Å²) in [6, 6.07) is 0. The van der Waals surface area contributed by atoms with Crippen molar-refractivity contribution in [2.45, 2.75) is 53.4 Å². The molecule has 1 atom stereocenters. The summed E-state index contributed by atoms with van der Waals surface area (Å²) in [6.45, 7) is 11.3. The number of carbonyl (C=O) groups excluding carboxylic acids is 1. The quantitative estimate of drug-likeness (QED) is 0.778. The van der Waals surface area contributed by atoms with Crippen LogP contribution in [0, 0.1) is 11.3 Å². The summed E-state index contributed by atoms with van der Waals surface area (Å²) < 4.78 is 0. The highest BCUT2D eigenvalue weighted by Crippen LogP contribution is 2.30. The van der Waals surface area contributed by atoms with Gasteiger partial charge in [-0.3, -0.25) is 4.79 Å². The van der Waals surface area contributed by atoms with Crippen LogP contribution < -0.4 is 5.73 Å². The largest absolute Gasteiger partial charge is 0.339 e. The van der Waals surface area contributed by atoms with Gasteiger partial charge in [-0.15, -0.1) is 0 Å². The Hall–Kier alpha value is -0.830. The molecular formula is C16H30N2O. The van der Waals surface area contributed by atoms with Gasteiger partial charge in [-0.1, -0.05) is 39.3 Å². The Morgan fingerprint density at radius 2 is 2.11 bits per heavy atom. The fraction of sp³-hybridized carbons (Fsp3) is 0.812. The maximum absolute atomic E-state index is 12.1. The summed E-state index contributed by atoms with van der Waals surface area (Å²) in [4.78, 5) is 14.1. The predicted molar refractivity (Wildman–Crippen MR) is 80.8 cm³/mol. The lowest BCUT2D eigenvalue weighted by molar-refractivity contribution is -0.131. The van der Waals surface area contributed by atoms with Crippen molar-refractivity contribution < 1.29 is 4.79 Å². The number of rotatable bonds is 5. The molecule has 0 saturated carbocycles. The molecule has 1 rings (SSSR count). The normalized spacial score (nSPS) is 18.2. The van der Waals surface area contributed by atoms with Crippen LogP contribution in [-0.2, 0) is 4.79 Å². The van der Waals surface area contributed by atoms with Gasteiger partial charge in [-0.05, 0) is 37.1 Å². The number of nitrogens with zero attached hydrogens (tertiary/aromatic N) is 1. The van der Waals surface area contributed by atoms with E-state index in [1.165, 1.54) is 5.57 Å². The summed E-state index contributed by atoms with van der Waals surface area (Å²) in [6.07, 6.45) is 5.90. The molecule has 110 valence electrons. The van der Waals surface area contributed by atoms with Crippen molar-refractivity contribution in [1.82, 2.24) is 4.90 Å². The second-order valence-electron chi connectivity index (χ2n) is 6.79. The number of hydrogen-bond donors (Lipinski definition) is 1. The minimum Gasteiger partial charge on any atom is -0.339 e. The first-order valence-electron chi connectivity index (χ1n) is 7.52. The maximum Gasteiger partial charge on any atom is 0.222 e. The molecule has 0 spiro atoms. The lowest BCUT2D eigenvalue weighted by Crippen LogP contribution is -2.36. The van der Waals surface area contributed by atoms with E-state index >= 15 is 0 Å². The maximum atomic E-state index is 12.1. The van der Waals surface area contributed by atoms with Crippen LogP contribution in [0.15, 0.2) is 11.6 Å². The molecule has 1 aliphatic heterocycles. The van der Waals surface area contributed by atoms with E-state index in [9.17, 15) is 4.79 Å². The lowest BCUT2D eigenvalue weighted by atomic mass is 9.83. The molecule has 1 unspecified atom stereocenters. The molecule has 2 N–H and O–H groups in total. The van der Waals surface area contributed by atoms with Gasteiger partial charge >= 0.3 is 0 Å². The van der Waals surface area contributed by atoms with E-state index in [0.717, 1.165) is 38.9 Å². The molecule has 0 aromatic rings. The second-order valence-corrected chi connectivity index (χ2v) is 6.79. The summed E-state index contributed by atoms with van der Waals surface area (Å²) in [5.74, 6) is 0.854. The van der Waals surface area contributed by atoms with Crippen molar-refractivity contribution >= 4 is 5.91 Å². The number of carbonyl (C=O) groups is 1. The molecular weight excluding hydrogens is 236 g/mol. The van der Waals surface area contributed by atoms with Gasteiger partial charge in [0.05, 0.1) is 0 Å². The molecule has 1 heterocycles. The second kappa shape index (κ2) is 7.09. The fourth-order valence-corrected chi connectivity index (χ4v) is 2.53. The summed E-state index contributed by atoms with van der Waals surface area (Å²) >= 11 is 0. The third-order valence-electron chi connectivity index (χ3n) is 4.04. The topological polar surface area (TPSA) is 46.3 Å². The molecule has 1 amide bonds. The highest BCUT2D eigenvalue weighted by atomic mass is 16.2. The number of nitrogens with two attached hydrogens (primary N) is 1. The smallest absolute Gasteiger partial charge is 0.222 e. The Balaban J connectivity index is 2.39. The van der Waals surface area contributed by atoms with Gasteiger partial charge < -0.3 is 10.6 Å².